The van der Waals surface area contributed by atoms with Crippen molar-refractivity contribution in [2.24, 2.45) is 0 Å². The number of fused-ring (bicyclic) bond motifs is 2. The number of aromatic nitrogens is 4. The summed E-state index contributed by atoms with van der Waals surface area (Å²) < 4.78 is 13.1. The molecule has 0 bridgehead atoms. The number of hydrogen-bond acceptors (Lipinski definition) is 7. The van der Waals surface area contributed by atoms with Gasteiger partial charge in [0, 0.05) is 17.3 Å². The molecule has 3 aromatic carbocycles. The first-order chi connectivity index (χ1) is 19.1. The normalized spacial score (nSPS) is 13.3. The number of nitrogens with one attached hydrogen (secondary N) is 1. The Hall–Kier alpha value is -4.37. The van der Waals surface area contributed by atoms with Gasteiger partial charge in [-0.25, -0.2) is 14.6 Å². The standard InChI is InChI=1S/C30H27N5O3S/c1-3-23-26-28(35(34-23)22-12-8-5-9-13-22)32-27(20-10-6-4-7-11-20)33-30(26)39-19(2)29(36)31-21-14-15-24-25(18-21)38-17-16-37-24/h4-15,18-19H,3,16-17H2,1-2H3,(H,31,36)/t19-/m1/s1. The topological polar surface area (TPSA) is 91.2 Å². The molecule has 2 aromatic heterocycles. The summed E-state index contributed by atoms with van der Waals surface area (Å²) in [6.07, 6.45) is 0.704. The van der Waals surface area contributed by atoms with Crippen LogP contribution in [0.15, 0.2) is 83.9 Å². The second-order valence-electron chi connectivity index (χ2n) is 9.07. The summed E-state index contributed by atoms with van der Waals surface area (Å²) in [5, 5.41) is 9.07. The predicted molar refractivity (Wildman–Crippen MR) is 153 cm³/mol. The van der Waals surface area contributed by atoms with E-state index in [0.29, 0.717) is 48.3 Å². The van der Waals surface area contributed by atoms with Crippen molar-refractivity contribution >= 4 is 34.4 Å². The molecule has 1 atom stereocenters. The van der Waals surface area contributed by atoms with Crippen LogP contribution in [0.5, 0.6) is 11.5 Å². The molecule has 3 heterocycles. The second-order valence-corrected chi connectivity index (χ2v) is 10.4. The van der Waals surface area contributed by atoms with E-state index in [1.807, 2.05) is 84.4 Å². The van der Waals surface area contributed by atoms with E-state index in [2.05, 4.69) is 12.2 Å². The maximum Gasteiger partial charge on any atom is 0.237 e. The minimum Gasteiger partial charge on any atom is -0.486 e. The third kappa shape index (κ3) is 5.05. The number of hydrogen-bond donors (Lipinski definition) is 1. The molecule has 5 aromatic rings. The van der Waals surface area contributed by atoms with Crippen LogP contribution in [0.1, 0.15) is 19.5 Å². The number of benzene rings is 3. The molecule has 8 nitrogen and oxygen atoms in total. The summed E-state index contributed by atoms with van der Waals surface area (Å²) in [6.45, 7) is 4.95. The Bertz CT molecular complexity index is 1640. The van der Waals surface area contributed by atoms with Gasteiger partial charge in [0.25, 0.3) is 0 Å². The van der Waals surface area contributed by atoms with Crippen molar-refractivity contribution in [3.63, 3.8) is 0 Å². The molecule has 0 spiro atoms. The van der Waals surface area contributed by atoms with Crippen LogP contribution in [-0.2, 0) is 11.2 Å². The van der Waals surface area contributed by atoms with E-state index in [9.17, 15) is 4.79 Å². The number of amides is 1. The highest BCUT2D eigenvalue weighted by atomic mass is 32.2. The monoisotopic (exact) mass is 537 g/mol. The van der Waals surface area contributed by atoms with Crippen molar-refractivity contribution in [3.8, 4) is 28.6 Å². The summed E-state index contributed by atoms with van der Waals surface area (Å²) >= 11 is 1.40. The first-order valence-electron chi connectivity index (χ1n) is 12.9. The van der Waals surface area contributed by atoms with Gasteiger partial charge in [0.05, 0.1) is 22.0 Å². The van der Waals surface area contributed by atoms with Crippen LogP contribution in [0.3, 0.4) is 0 Å². The largest absolute Gasteiger partial charge is 0.486 e. The van der Waals surface area contributed by atoms with Crippen LogP contribution in [0, 0.1) is 0 Å². The molecule has 0 radical (unpaired) electrons. The van der Waals surface area contributed by atoms with Gasteiger partial charge in [0.15, 0.2) is 23.0 Å². The highest BCUT2D eigenvalue weighted by molar-refractivity contribution is 8.00. The Morgan fingerprint density at radius 3 is 2.44 bits per heavy atom. The average molecular weight is 538 g/mol. The average Bonchev–Trinajstić information content (AvgIpc) is 3.37. The smallest absolute Gasteiger partial charge is 0.237 e. The number of para-hydroxylation sites is 1. The maximum atomic E-state index is 13.3. The van der Waals surface area contributed by atoms with Crippen LogP contribution in [0.4, 0.5) is 5.69 Å². The van der Waals surface area contributed by atoms with Gasteiger partial charge in [-0.05, 0) is 37.6 Å². The fourth-order valence-corrected chi connectivity index (χ4v) is 5.40. The molecule has 6 rings (SSSR count). The molecule has 39 heavy (non-hydrogen) atoms. The summed E-state index contributed by atoms with van der Waals surface area (Å²) in [5.74, 6) is 1.76. The van der Waals surface area contributed by atoms with Crippen molar-refractivity contribution in [1.82, 2.24) is 19.7 Å². The Morgan fingerprint density at radius 2 is 1.69 bits per heavy atom. The lowest BCUT2D eigenvalue weighted by atomic mass is 10.2. The van der Waals surface area contributed by atoms with Gasteiger partial charge in [-0.2, -0.15) is 5.10 Å². The zero-order valence-corrected chi connectivity index (χ0v) is 22.4. The molecule has 0 fully saturated rings. The fourth-order valence-electron chi connectivity index (χ4n) is 4.44. The van der Waals surface area contributed by atoms with Crippen LogP contribution in [-0.4, -0.2) is 44.1 Å². The number of carbonyl (C=O) groups excluding carboxylic acids is 1. The number of carbonyl (C=O) groups is 1. The summed E-state index contributed by atoms with van der Waals surface area (Å²) in [5.41, 5.74) is 4.07. The molecule has 0 saturated carbocycles. The molecular formula is C30H27N5O3S. The number of thioether (sulfide) groups is 1. The number of rotatable bonds is 7. The zero-order chi connectivity index (χ0) is 26.8. The molecule has 0 saturated heterocycles. The maximum absolute atomic E-state index is 13.3. The van der Waals surface area contributed by atoms with Crippen LogP contribution < -0.4 is 14.8 Å². The Morgan fingerprint density at radius 1 is 0.974 bits per heavy atom. The third-order valence-corrected chi connectivity index (χ3v) is 7.49. The van der Waals surface area contributed by atoms with Crippen molar-refractivity contribution in [1.29, 1.82) is 0 Å². The SMILES string of the molecule is CCc1nn(-c2ccccc2)c2nc(-c3ccccc3)nc(S[C@H](C)C(=O)Nc3ccc4c(c3)OCCO4)c12. The molecule has 1 N–H and O–H groups in total. The van der Waals surface area contributed by atoms with Gasteiger partial charge >= 0.3 is 0 Å². The van der Waals surface area contributed by atoms with E-state index >= 15 is 0 Å². The zero-order valence-electron chi connectivity index (χ0n) is 21.6. The highest BCUT2D eigenvalue weighted by Crippen LogP contribution is 2.36. The Balaban J connectivity index is 1.37. The predicted octanol–water partition coefficient (Wildman–Crippen LogP) is 5.94. The van der Waals surface area contributed by atoms with E-state index in [1.165, 1.54) is 11.8 Å². The third-order valence-electron chi connectivity index (χ3n) is 6.40. The summed E-state index contributed by atoms with van der Waals surface area (Å²) in [7, 11) is 0. The van der Waals surface area contributed by atoms with E-state index in [4.69, 9.17) is 24.5 Å². The van der Waals surface area contributed by atoms with Gasteiger partial charge in [-0.15, -0.1) is 0 Å². The number of nitrogens with zero attached hydrogens (tertiary/aromatic N) is 4. The van der Waals surface area contributed by atoms with E-state index < -0.39 is 5.25 Å². The van der Waals surface area contributed by atoms with Gasteiger partial charge < -0.3 is 14.8 Å². The van der Waals surface area contributed by atoms with Crippen LogP contribution in [0.2, 0.25) is 0 Å². The Kier molecular flexibility index (Phi) is 6.89. The quantitative estimate of drug-likeness (QED) is 0.203. The summed E-state index contributed by atoms with van der Waals surface area (Å²) in [6, 6.07) is 25.2. The fraction of sp³-hybridized carbons (Fsp3) is 0.200. The van der Waals surface area contributed by atoms with Gasteiger partial charge in [0.1, 0.15) is 18.2 Å². The minimum atomic E-state index is -0.440. The number of ether oxygens (including phenoxy) is 2. The van der Waals surface area contributed by atoms with Crippen molar-refractivity contribution in [2.45, 2.75) is 30.5 Å². The molecule has 1 amide bonds. The first kappa shape index (κ1) is 24.9. The number of anilines is 1. The van der Waals surface area contributed by atoms with Crippen molar-refractivity contribution < 1.29 is 14.3 Å². The van der Waals surface area contributed by atoms with Crippen LogP contribution in [0.25, 0.3) is 28.1 Å². The lowest BCUT2D eigenvalue weighted by Crippen LogP contribution is -2.23. The molecule has 1 aliphatic rings. The van der Waals surface area contributed by atoms with Crippen molar-refractivity contribution in [3.05, 3.63) is 84.6 Å². The molecule has 196 valence electrons. The van der Waals surface area contributed by atoms with E-state index in [0.717, 1.165) is 27.4 Å². The van der Waals surface area contributed by atoms with Crippen molar-refractivity contribution in [2.75, 3.05) is 18.5 Å². The molecule has 0 aliphatic carbocycles. The second kappa shape index (κ2) is 10.8. The molecular weight excluding hydrogens is 510 g/mol. The van der Waals surface area contributed by atoms with E-state index in [1.54, 1.807) is 6.07 Å². The Labute approximate surface area is 230 Å². The lowest BCUT2D eigenvalue weighted by Gasteiger charge is -2.19. The highest BCUT2D eigenvalue weighted by Gasteiger charge is 2.24. The van der Waals surface area contributed by atoms with E-state index in [-0.39, 0.29) is 5.91 Å². The lowest BCUT2D eigenvalue weighted by molar-refractivity contribution is -0.115. The molecule has 9 heteroatoms. The van der Waals surface area contributed by atoms with Gasteiger partial charge in [0.2, 0.25) is 5.91 Å². The molecule has 0 unspecified atom stereocenters. The molecule has 1 aliphatic heterocycles. The van der Waals surface area contributed by atoms with Gasteiger partial charge in [-0.3, -0.25) is 4.79 Å². The minimum absolute atomic E-state index is 0.141. The first-order valence-corrected chi connectivity index (χ1v) is 13.8. The number of aryl methyl sites for hydroxylation is 1. The van der Waals surface area contributed by atoms with Crippen LogP contribution >= 0.6 is 11.8 Å². The van der Waals surface area contributed by atoms with Gasteiger partial charge in [-0.1, -0.05) is 67.2 Å². The summed E-state index contributed by atoms with van der Waals surface area (Å²) in [4.78, 5) is 23.2.